The molecule has 1 aromatic rings. The molecule has 0 amide bonds. The van der Waals surface area contributed by atoms with Gasteiger partial charge in [-0.15, -0.1) is 0 Å². The van der Waals surface area contributed by atoms with Crippen LogP contribution in [0.3, 0.4) is 0 Å². The molecule has 0 aromatic heterocycles. The van der Waals surface area contributed by atoms with Crippen LogP contribution in [0, 0.1) is 23.1 Å². The van der Waals surface area contributed by atoms with Crippen LogP contribution < -0.4 is 5.32 Å². The number of nitriles is 1. The van der Waals surface area contributed by atoms with Crippen molar-refractivity contribution in [3.63, 3.8) is 0 Å². The molecule has 1 aromatic carbocycles. The van der Waals surface area contributed by atoms with Crippen molar-refractivity contribution in [1.29, 1.82) is 5.26 Å². The van der Waals surface area contributed by atoms with Crippen molar-refractivity contribution in [1.82, 2.24) is 0 Å². The largest absolute Gasteiger partial charge is 0.382 e. The van der Waals surface area contributed by atoms with E-state index < -0.39 is 0 Å². The van der Waals surface area contributed by atoms with Gasteiger partial charge >= 0.3 is 0 Å². The van der Waals surface area contributed by atoms with Gasteiger partial charge in [-0.05, 0) is 37.5 Å². The van der Waals surface area contributed by atoms with Gasteiger partial charge in [0.2, 0.25) is 0 Å². The average molecular weight is 234 g/mol. The second-order valence-electron chi connectivity index (χ2n) is 4.60. The number of anilines is 1. The fraction of sp³-hybridized carbons (Fsp3) is 0.500. The highest BCUT2D eigenvalue weighted by Gasteiger charge is 2.10. The van der Waals surface area contributed by atoms with Crippen LogP contribution in [0.4, 0.5) is 10.1 Å². The highest BCUT2D eigenvalue weighted by atomic mass is 19.1. The summed E-state index contributed by atoms with van der Waals surface area (Å²) in [4.78, 5) is 0. The molecule has 0 radical (unpaired) electrons. The third kappa shape index (κ3) is 4.07. The smallest absolute Gasteiger partial charge is 0.124 e. The molecule has 0 spiro atoms. The Balaban J connectivity index is 2.71. The molecular formula is C14H19FN2. The number of rotatable bonds is 5. The first kappa shape index (κ1) is 13.5. The number of benzene rings is 1. The monoisotopic (exact) mass is 234 g/mol. The zero-order chi connectivity index (χ0) is 12.8. The maximum atomic E-state index is 13.0. The third-order valence-electron chi connectivity index (χ3n) is 2.96. The molecular weight excluding hydrogens is 215 g/mol. The topological polar surface area (TPSA) is 35.8 Å². The van der Waals surface area contributed by atoms with E-state index in [1.54, 1.807) is 6.07 Å². The lowest BCUT2D eigenvalue weighted by Crippen LogP contribution is -2.18. The summed E-state index contributed by atoms with van der Waals surface area (Å²) in [7, 11) is 0. The number of halogens is 1. The standard InChI is InChI=1S/C14H19FN2/c1-4-10(2)7-11(3)17-14-6-5-13(15)8-12(14)9-16/h5-6,8,10-11,17H,4,7H2,1-3H3. The van der Waals surface area contributed by atoms with Gasteiger partial charge in [0.05, 0.1) is 11.3 Å². The number of nitrogens with zero attached hydrogens (tertiary/aromatic N) is 1. The molecule has 17 heavy (non-hydrogen) atoms. The molecule has 2 nitrogen and oxygen atoms in total. The highest BCUT2D eigenvalue weighted by Crippen LogP contribution is 2.19. The van der Waals surface area contributed by atoms with Crippen LogP contribution in [0.25, 0.3) is 0 Å². The Bertz CT molecular complexity index is 409. The molecule has 0 aliphatic heterocycles. The number of nitrogens with one attached hydrogen (secondary N) is 1. The summed E-state index contributed by atoms with van der Waals surface area (Å²) in [6, 6.07) is 6.55. The van der Waals surface area contributed by atoms with E-state index in [0.29, 0.717) is 17.2 Å². The minimum absolute atomic E-state index is 0.280. The van der Waals surface area contributed by atoms with Gasteiger partial charge in [0, 0.05) is 6.04 Å². The Morgan fingerprint density at radius 1 is 1.41 bits per heavy atom. The lowest BCUT2D eigenvalue weighted by molar-refractivity contribution is 0.483. The summed E-state index contributed by atoms with van der Waals surface area (Å²) in [5, 5.41) is 12.2. The highest BCUT2D eigenvalue weighted by molar-refractivity contribution is 5.57. The normalized spacial score (nSPS) is 13.8. The molecule has 0 saturated heterocycles. The second-order valence-corrected chi connectivity index (χ2v) is 4.60. The Morgan fingerprint density at radius 2 is 2.12 bits per heavy atom. The van der Waals surface area contributed by atoms with Crippen LogP contribution in [-0.4, -0.2) is 6.04 Å². The fourth-order valence-corrected chi connectivity index (χ4v) is 1.83. The van der Waals surface area contributed by atoms with Crippen molar-refractivity contribution in [3.8, 4) is 6.07 Å². The van der Waals surface area contributed by atoms with E-state index in [1.807, 2.05) is 6.07 Å². The summed E-state index contributed by atoms with van der Waals surface area (Å²) in [5.41, 5.74) is 1.07. The Hall–Kier alpha value is -1.56. The van der Waals surface area contributed by atoms with Gasteiger partial charge in [0.15, 0.2) is 0 Å². The molecule has 0 saturated carbocycles. The van der Waals surface area contributed by atoms with Crippen LogP contribution in [0.5, 0.6) is 0 Å². The molecule has 1 rings (SSSR count). The van der Waals surface area contributed by atoms with Crippen LogP contribution in [0.15, 0.2) is 18.2 Å². The first-order valence-corrected chi connectivity index (χ1v) is 6.03. The molecule has 0 bridgehead atoms. The number of hydrogen-bond acceptors (Lipinski definition) is 2. The molecule has 1 N–H and O–H groups in total. The minimum Gasteiger partial charge on any atom is -0.382 e. The van der Waals surface area contributed by atoms with Crippen molar-refractivity contribution in [2.75, 3.05) is 5.32 Å². The van der Waals surface area contributed by atoms with Crippen molar-refractivity contribution < 1.29 is 4.39 Å². The van der Waals surface area contributed by atoms with Gasteiger partial charge < -0.3 is 5.32 Å². The molecule has 0 aliphatic rings. The molecule has 0 fully saturated rings. The van der Waals surface area contributed by atoms with E-state index in [-0.39, 0.29) is 11.9 Å². The molecule has 92 valence electrons. The Labute approximate surface area is 102 Å². The molecule has 2 atom stereocenters. The maximum Gasteiger partial charge on any atom is 0.124 e. The molecule has 0 heterocycles. The van der Waals surface area contributed by atoms with Crippen LogP contribution >= 0.6 is 0 Å². The SMILES string of the molecule is CCC(C)CC(C)Nc1ccc(F)cc1C#N. The zero-order valence-electron chi connectivity index (χ0n) is 10.6. The van der Waals surface area contributed by atoms with E-state index in [4.69, 9.17) is 5.26 Å². The molecule has 0 aliphatic carbocycles. The predicted octanol–water partition coefficient (Wildman–Crippen LogP) is 3.93. The third-order valence-corrected chi connectivity index (χ3v) is 2.96. The van der Waals surface area contributed by atoms with Gasteiger partial charge in [0.25, 0.3) is 0 Å². The van der Waals surface area contributed by atoms with Crippen LogP contribution in [0.2, 0.25) is 0 Å². The Morgan fingerprint density at radius 3 is 2.71 bits per heavy atom. The van der Waals surface area contributed by atoms with Crippen LogP contribution in [0.1, 0.15) is 39.2 Å². The first-order valence-electron chi connectivity index (χ1n) is 6.03. The average Bonchev–Trinajstić information content (AvgIpc) is 2.31. The zero-order valence-corrected chi connectivity index (χ0v) is 10.6. The quantitative estimate of drug-likeness (QED) is 0.837. The van der Waals surface area contributed by atoms with Gasteiger partial charge in [-0.3, -0.25) is 0 Å². The summed E-state index contributed by atoms with van der Waals surface area (Å²) < 4.78 is 13.0. The van der Waals surface area contributed by atoms with E-state index in [9.17, 15) is 4.39 Å². The van der Waals surface area contributed by atoms with Gasteiger partial charge in [-0.2, -0.15) is 5.26 Å². The van der Waals surface area contributed by atoms with Gasteiger partial charge in [-0.25, -0.2) is 4.39 Å². The Kier molecular flexibility index (Phi) is 4.96. The predicted molar refractivity (Wildman–Crippen MR) is 68.3 cm³/mol. The van der Waals surface area contributed by atoms with Crippen molar-refractivity contribution >= 4 is 5.69 Å². The van der Waals surface area contributed by atoms with Crippen LogP contribution in [-0.2, 0) is 0 Å². The van der Waals surface area contributed by atoms with Crippen molar-refractivity contribution in [3.05, 3.63) is 29.6 Å². The van der Waals surface area contributed by atoms with E-state index >= 15 is 0 Å². The summed E-state index contributed by atoms with van der Waals surface area (Å²) in [6.45, 7) is 6.45. The summed E-state index contributed by atoms with van der Waals surface area (Å²) >= 11 is 0. The fourth-order valence-electron chi connectivity index (χ4n) is 1.83. The van der Waals surface area contributed by atoms with Gasteiger partial charge in [-0.1, -0.05) is 20.3 Å². The first-order chi connectivity index (χ1) is 8.06. The lowest BCUT2D eigenvalue weighted by atomic mass is 10.00. The summed E-state index contributed by atoms with van der Waals surface area (Å²) in [6.07, 6.45) is 2.18. The van der Waals surface area contributed by atoms with Crippen molar-refractivity contribution in [2.45, 2.75) is 39.7 Å². The molecule has 3 heteroatoms. The minimum atomic E-state index is -0.373. The summed E-state index contributed by atoms with van der Waals surface area (Å²) in [5.74, 6) is 0.269. The number of hydrogen-bond donors (Lipinski definition) is 1. The van der Waals surface area contributed by atoms with E-state index in [2.05, 4.69) is 26.1 Å². The second kappa shape index (κ2) is 6.24. The molecule has 2 unspecified atom stereocenters. The van der Waals surface area contributed by atoms with E-state index in [1.165, 1.54) is 12.1 Å². The van der Waals surface area contributed by atoms with Gasteiger partial charge in [0.1, 0.15) is 11.9 Å². The van der Waals surface area contributed by atoms with Crippen molar-refractivity contribution in [2.24, 2.45) is 5.92 Å². The van der Waals surface area contributed by atoms with E-state index in [0.717, 1.165) is 12.8 Å². The maximum absolute atomic E-state index is 13.0. The lowest BCUT2D eigenvalue weighted by Gasteiger charge is -2.19.